The lowest BCUT2D eigenvalue weighted by atomic mass is 10.1. The second kappa shape index (κ2) is 9.40. The van der Waals surface area contributed by atoms with Gasteiger partial charge in [0, 0.05) is 37.7 Å². The van der Waals surface area contributed by atoms with Gasteiger partial charge in [-0.25, -0.2) is 0 Å². The molecule has 0 aliphatic carbocycles. The highest BCUT2D eigenvalue weighted by molar-refractivity contribution is 7.99. The zero-order valence-corrected chi connectivity index (χ0v) is 18.9. The van der Waals surface area contributed by atoms with Crippen LogP contribution in [0.25, 0.3) is 5.69 Å². The molecule has 5 rings (SSSR count). The summed E-state index contributed by atoms with van der Waals surface area (Å²) in [6.07, 6.45) is 1.63. The zero-order valence-electron chi connectivity index (χ0n) is 17.3. The number of nitrogens with zero attached hydrogens (tertiary/aromatic N) is 5. The van der Waals surface area contributed by atoms with Crippen molar-refractivity contribution in [1.82, 2.24) is 24.6 Å². The van der Waals surface area contributed by atoms with Crippen LogP contribution in [0.5, 0.6) is 11.5 Å². The average Bonchev–Trinajstić information content (AvgIpc) is 3.47. The van der Waals surface area contributed by atoms with E-state index < -0.39 is 0 Å². The summed E-state index contributed by atoms with van der Waals surface area (Å²) in [5, 5.41) is 9.46. The number of carbonyl (C=O) groups is 1. The number of carbonyl (C=O) groups excluding carboxylic acids is 1. The Hall–Kier alpha value is -2.75. The third-order valence-electron chi connectivity index (χ3n) is 5.50. The molecule has 0 spiro atoms. The molecule has 0 N–H and O–H groups in total. The lowest BCUT2D eigenvalue weighted by molar-refractivity contribution is -0.130. The average molecular weight is 472 g/mol. The van der Waals surface area contributed by atoms with Crippen molar-refractivity contribution in [2.75, 3.05) is 38.7 Å². The minimum absolute atomic E-state index is 0.110. The number of amides is 1. The molecule has 1 aromatic heterocycles. The SMILES string of the molecule is O=C(CSc1nncn1-c1cccc(Cl)c1)N1CCN(Cc2ccc3c(c2)OCO3)CC1. The summed E-state index contributed by atoms with van der Waals surface area (Å²) in [5.74, 6) is 2.03. The molecule has 3 aromatic rings. The van der Waals surface area contributed by atoms with E-state index in [9.17, 15) is 4.79 Å². The number of fused-ring (bicyclic) bond motifs is 1. The van der Waals surface area contributed by atoms with E-state index in [-0.39, 0.29) is 12.7 Å². The van der Waals surface area contributed by atoms with E-state index >= 15 is 0 Å². The number of ether oxygens (including phenoxy) is 2. The van der Waals surface area contributed by atoms with Crippen LogP contribution >= 0.6 is 23.4 Å². The van der Waals surface area contributed by atoms with Gasteiger partial charge in [-0.3, -0.25) is 14.3 Å². The molecule has 2 aliphatic heterocycles. The minimum Gasteiger partial charge on any atom is -0.454 e. The van der Waals surface area contributed by atoms with Gasteiger partial charge in [0.15, 0.2) is 16.7 Å². The van der Waals surface area contributed by atoms with Gasteiger partial charge in [0.2, 0.25) is 12.7 Å². The highest BCUT2D eigenvalue weighted by Gasteiger charge is 2.23. The maximum absolute atomic E-state index is 12.8. The van der Waals surface area contributed by atoms with Gasteiger partial charge in [0.05, 0.1) is 11.4 Å². The largest absolute Gasteiger partial charge is 0.454 e. The van der Waals surface area contributed by atoms with Crippen molar-refractivity contribution in [2.45, 2.75) is 11.7 Å². The fourth-order valence-electron chi connectivity index (χ4n) is 3.80. The first-order chi connectivity index (χ1) is 15.7. The predicted octanol–water partition coefficient (Wildman–Crippen LogP) is 3.09. The molecule has 1 amide bonds. The van der Waals surface area contributed by atoms with Crippen molar-refractivity contribution >= 4 is 29.3 Å². The number of benzene rings is 2. The van der Waals surface area contributed by atoms with Crippen molar-refractivity contribution in [3.8, 4) is 17.2 Å². The third kappa shape index (κ3) is 4.69. The smallest absolute Gasteiger partial charge is 0.233 e. The first kappa shape index (κ1) is 21.1. The summed E-state index contributed by atoms with van der Waals surface area (Å²) in [5.41, 5.74) is 2.06. The number of thioether (sulfide) groups is 1. The lowest BCUT2D eigenvalue weighted by Crippen LogP contribution is -2.48. The van der Waals surface area contributed by atoms with Crippen LogP contribution in [-0.2, 0) is 11.3 Å². The molecular weight excluding hydrogens is 450 g/mol. The molecule has 2 aromatic carbocycles. The first-order valence-electron chi connectivity index (χ1n) is 10.3. The van der Waals surface area contributed by atoms with Gasteiger partial charge in [-0.2, -0.15) is 0 Å². The topological polar surface area (TPSA) is 72.7 Å². The lowest BCUT2D eigenvalue weighted by Gasteiger charge is -2.34. The van der Waals surface area contributed by atoms with Gasteiger partial charge in [0.25, 0.3) is 0 Å². The van der Waals surface area contributed by atoms with Crippen LogP contribution in [0.1, 0.15) is 5.56 Å². The molecule has 0 saturated carbocycles. The Bertz CT molecular complexity index is 1120. The summed E-state index contributed by atoms with van der Waals surface area (Å²) in [6, 6.07) is 13.5. The van der Waals surface area contributed by atoms with Crippen molar-refractivity contribution in [2.24, 2.45) is 0 Å². The van der Waals surface area contributed by atoms with E-state index in [2.05, 4.69) is 21.2 Å². The number of aromatic nitrogens is 3. The van der Waals surface area contributed by atoms with Crippen molar-refractivity contribution < 1.29 is 14.3 Å². The zero-order chi connectivity index (χ0) is 21.9. The number of piperazine rings is 1. The summed E-state index contributed by atoms with van der Waals surface area (Å²) < 4.78 is 12.7. The van der Waals surface area contributed by atoms with Crippen LogP contribution in [0.3, 0.4) is 0 Å². The summed E-state index contributed by atoms with van der Waals surface area (Å²) >= 11 is 7.48. The molecule has 0 radical (unpaired) electrons. The molecule has 0 atom stereocenters. The molecule has 3 heterocycles. The highest BCUT2D eigenvalue weighted by Crippen LogP contribution is 2.33. The molecular formula is C22H22ClN5O3S. The predicted molar refractivity (Wildman–Crippen MR) is 122 cm³/mol. The molecule has 0 bridgehead atoms. The van der Waals surface area contributed by atoms with Gasteiger partial charge >= 0.3 is 0 Å². The fourth-order valence-corrected chi connectivity index (χ4v) is 4.81. The van der Waals surface area contributed by atoms with Crippen molar-refractivity contribution in [3.05, 3.63) is 59.4 Å². The monoisotopic (exact) mass is 471 g/mol. The first-order valence-corrected chi connectivity index (χ1v) is 11.7. The second-order valence-corrected chi connectivity index (χ2v) is 8.98. The van der Waals surface area contributed by atoms with Gasteiger partial charge < -0.3 is 14.4 Å². The van der Waals surface area contributed by atoms with Crippen molar-refractivity contribution in [3.63, 3.8) is 0 Å². The number of rotatable bonds is 6. The summed E-state index contributed by atoms with van der Waals surface area (Å²) in [7, 11) is 0. The van der Waals surface area contributed by atoms with Crippen molar-refractivity contribution in [1.29, 1.82) is 0 Å². The molecule has 1 fully saturated rings. The van der Waals surface area contributed by atoms with E-state index in [1.807, 2.05) is 45.9 Å². The second-order valence-electron chi connectivity index (χ2n) is 7.60. The number of hydrogen-bond acceptors (Lipinski definition) is 7. The van der Waals surface area contributed by atoms with Crippen LogP contribution in [0.15, 0.2) is 53.9 Å². The molecule has 8 nitrogen and oxygen atoms in total. The third-order valence-corrected chi connectivity index (χ3v) is 6.66. The van der Waals surface area contributed by atoms with Gasteiger partial charge in [-0.15, -0.1) is 10.2 Å². The Morgan fingerprint density at radius 3 is 2.75 bits per heavy atom. The molecule has 1 saturated heterocycles. The van der Waals surface area contributed by atoms with Crippen LogP contribution in [-0.4, -0.2) is 69.2 Å². The fraction of sp³-hybridized carbons (Fsp3) is 0.318. The van der Waals surface area contributed by atoms with E-state index in [0.29, 0.717) is 29.0 Å². The maximum atomic E-state index is 12.8. The standard InChI is InChI=1S/C22H22ClN5O3S/c23-17-2-1-3-18(11-17)28-14-24-25-22(28)32-13-21(29)27-8-6-26(7-9-27)12-16-4-5-19-20(10-16)31-15-30-19/h1-5,10-11,14H,6-9,12-13,15H2. The Morgan fingerprint density at radius 1 is 1.06 bits per heavy atom. The molecule has 0 unspecified atom stereocenters. The quantitative estimate of drug-likeness (QED) is 0.511. The Balaban J connectivity index is 1.12. The van der Waals surface area contributed by atoms with Crippen LogP contribution in [0, 0.1) is 0 Å². The highest BCUT2D eigenvalue weighted by atomic mass is 35.5. The number of halogens is 1. The van der Waals surface area contributed by atoms with Gasteiger partial charge in [-0.05, 0) is 35.9 Å². The van der Waals surface area contributed by atoms with E-state index in [0.717, 1.165) is 36.8 Å². The van der Waals surface area contributed by atoms with E-state index in [1.165, 1.54) is 17.3 Å². The van der Waals surface area contributed by atoms with E-state index in [1.54, 1.807) is 6.33 Å². The van der Waals surface area contributed by atoms with Gasteiger partial charge in [-0.1, -0.05) is 35.5 Å². The molecule has 32 heavy (non-hydrogen) atoms. The van der Waals surface area contributed by atoms with Crippen LogP contribution < -0.4 is 9.47 Å². The number of hydrogen-bond donors (Lipinski definition) is 0. The summed E-state index contributed by atoms with van der Waals surface area (Å²) in [4.78, 5) is 17.0. The normalized spacial score (nSPS) is 15.8. The van der Waals surface area contributed by atoms with Crippen LogP contribution in [0.2, 0.25) is 5.02 Å². The Morgan fingerprint density at radius 2 is 1.91 bits per heavy atom. The molecule has 10 heteroatoms. The molecule has 2 aliphatic rings. The molecule has 166 valence electrons. The van der Waals surface area contributed by atoms with E-state index in [4.69, 9.17) is 21.1 Å². The van der Waals surface area contributed by atoms with Crippen LogP contribution in [0.4, 0.5) is 0 Å². The summed E-state index contributed by atoms with van der Waals surface area (Å²) in [6.45, 7) is 4.21. The minimum atomic E-state index is 0.110. The Kier molecular flexibility index (Phi) is 6.20. The Labute approximate surface area is 195 Å². The van der Waals surface area contributed by atoms with Gasteiger partial charge in [0.1, 0.15) is 6.33 Å². The maximum Gasteiger partial charge on any atom is 0.233 e.